The van der Waals surface area contributed by atoms with Crippen molar-refractivity contribution in [3.05, 3.63) is 59.1 Å². The van der Waals surface area contributed by atoms with Crippen molar-refractivity contribution in [3.63, 3.8) is 0 Å². The summed E-state index contributed by atoms with van der Waals surface area (Å²) in [5, 5.41) is 0. The van der Waals surface area contributed by atoms with Crippen LogP contribution in [-0.2, 0) is 16.8 Å². The Bertz CT molecular complexity index is 1040. The third-order valence-corrected chi connectivity index (χ3v) is 7.11. The number of methoxy groups -OCH3 is 1. The fourth-order valence-corrected chi connectivity index (χ4v) is 5.46. The molecule has 30 heavy (non-hydrogen) atoms. The van der Waals surface area contributed by atoms with Gasteiger partial charge in [-0.15, -0.1) is 11.3 Å². The second kappa shape index (κ2) is 7.77. The van der Waals surface area contributed by atoms with Crippen LogP contribution in [0.5, 0.6) is 5.75 Å². The molecular weight excluding hydrogens is 400 g/mol. The minimum atomic E-state index is -0.322. The number of ether oxygens (including phenoxy) is 2. The molecule has 0 N–H and O–H groups in total. The van der Waals surface area contributed by atoms with Crippen LogP contribution in [-0.4, -0.2) is 52.6 Å². The number of hydrogen-bond acceptors (Lipinski definition) is 7. The van der Waals surface area contributed by atoms with E-state index in [0.29, 0.717) is 25.4 Å². The van der Waals surface area contributed by atoms with E-state index in [9.17, 15) is 4.79 Å². The lowest BCUT2D eigenvalue weighted by molar-refractivity contribution is -0.0926. The SMILES string of the molecule is COc1ccc(-c2cc3c(s2)CCOC32CCN(C(=O)c3ccncn3)CC2)nc1. The molecule has 154 valence electrons. The quantitative estimate of drug-likeness (QED) is 0.644. The van der Waals surface area contributed by atoms with Crippen molar-refractivity contribution in [2.75, 3.05) is 26.8 Å². The Morgan fingerprint density at radius 1 is 1.23 bits per heavy atom. The van der Waals surface area contributed by atoms with Crippen molar-refractivity contribution in [1.29, 1.82) is 0 Å². The zero-order valence-electron chi connectivity index (χ0n) is 16.7. The molecular formula is C22H22N4O3S. The molecule has 0 aliphatic carbocycles. The Morgan fingerprint density at radius 3 is 2.80 bits per heavy atom. The molecule has 5 heterocycles. The lowest BCUT2D eigenvalue weighted by atomic mass is 9.82. The maximum absolute atomic E-state index is 12.7. The van der Waals surface area contributed by atoms with Gasteiger partial charge in [0.15, 0.2) is 0 Å². The van der Waals surface area contributed by atoms with Crippen LogP contribution in [0.3, 0.4) is 0 Å². The number of amides is 1. The molecule has 3 aromatic rings. The Morgan fingerprint density at radius 2 is 2.10 bits per heavy atom. The Kier molecular flexibility index (Phi) is 4.96. The molecule has 1 spiro atoms. The average molecular weight is 423 g/mol. The maximum atomic E-state index is 12.7. The van der Waals surface area contributed by atoms with Gasteiger partial charge in [-0.3, -0.25) is 9.78 Å². The highest BCUT2D eigenvalue weighted by atomic mass is 32.1. The fourth-order valence-electron chi connectivity index (χ4n) is 4.25. The van der Waals surface area contributed by atoms with Crippen LogP contribution in [0.4, 0.5) is 0 Å². The first-order chi connectivity index (χ1) is 14.7. The van der Waals surface area contributed by atoms with Gasteiger partial charge in [0, 0.05) is 30.6 Å². The largest absolute Gasteiger partial charge is 0.495 e. The van der Waals surface area contributed by atoms with Crippen LogP contribution < -0.4 is 4.74 Å². The van der Waals surface area contributed by atoms with E-state index in [1.54, 1.807) is 36.9 Å². The zero-order valence-corrected chi connectivity index (χ0v) is 17.5. The van der Waals surface area contributed by atoms with Crippen LogP contribution in [0.1, 0.15) is 33.8 Å². The number of thiophene rings is 1. The third kappa shape index (κ3) is 3.36. The highest BCUT2D eigenvalue weighted by Crippen LogP contribution is 2.46. The molecule has 2 aliphatic rings. The molecule has 8 heteroatoms. The average Bonchev–Trinajstić information content (AvgIpc) is 3.26. The van der Waals surface area contributed by atoms with E-state index in [1.165, 1.54) is 16.8 Å². The summed E-state index contributed by atoms with van der Waals surface area (Å²) >= 11 is 1.79. The number of likely N-dealkylation sites (tertiary alicyclic amines) is 1. The second-order valence-electron chi connectivity index (χ2n) is 7.51. The van der Waals surface area contributed by atoms with Crippen molar-refractivity contribution in [2.24, 2.45) is 0 Å². The molecule has 5 rings (SSSR count). The smallest absolute Gasteiger partial charge is 0.272 e. The molecule has 0 bridgehead atoms. The van der Waals surface area contributed by atoms with Gasteiger partial charge in [0.1, 0.15) is 17.8 Å². The van der Waals surface area contributed by atoms with Crippen molar-refractivity contribution < 1.29 is 14.3 Å². The van der Waals surface area contributed by atoms with Gasteiger partial charge in [-0.2, -0.15) is 0 Å². The predicted molar refractivity (Wildman–Crippen MR) is 113 cm³/mol. The zero-order chi connectivity index (χ0) is 20.6. The van der Waals surface area contributed by atoms with Crippen molar-refractivity contribution >= 4 is 17.2 Å². The number of piperidine rings is 1. The molecule has 0 saturated carbocycles. The van der Waals surface area contributed by atoms with Crippen molar-refractivity contribution in [3.8, 4) is 16.3 Å². The highest BCUT2D eigenvalue weighted by Gasteiger charge is 2.43. The molecule has 2 aliphatic heterocycles. The van der Waals surface area contributed by atoms with Crippen LogP contribution in [0.25, 0.3) is 10.6 Å². The van der Waals surface area contributed by atoms with Gasteiger partial charge in [-0.05, 0) is 42.7 Å². The summed E-state index contributed by atoms with van der Waals surface area (Å²) in [5.41, 5.74) is 2.33. The predicted octanol–water partition coefficient (Wildman–Crippen LogP) is 3.31. The summed E-state index contributed by atoms with van der Waals surface area (Å²) in [7, 11) is 1.64. The maximum Gasteiger partial charge on any atom is 0.272 e. The minimum absolute atomic E-state index is 0.0447. The van der Waals surface area contributed by atoms with Gasteiger partial charge < -0.3 is 14.4 Å². The van der Waals surface area contributed by atoms with Gasteiger partial charge in [-0.25, -0.2) is 9.97 Å². The molecule has 7 nitrogen and oxygen atoms in total. The molecule has 1 amide bonds. The normalized spacial score (nSPS) is 17.6. The van der Waals surface area contributed by atoms with Crippen LogP contribution >= 0.6 is 11.3 Å². The van der Waals surface area contributed by atoms with E-state index < -0.39 is 0 Å². The molecule has 1 fully saturated rings. The number of carbonyl (C=O) groups is 1. The lowest BCUT2D eigenvalue weighted by Crippen LogP contribution is -2.48. The van der Waals surface area contributed by atoms with Gasteiger partial charge in [0.2, 0.25) is 0 Å². The van der Waals surface area contributed by atoms with Gasteiger partial charge in [0.25, 0.3) is 5.91 Å². The summed E-state index contributed by atoms with van der Waals surface area (Å²) < 4.78 is 11.6. The number of fused-ring (bicyclic) bond motifs is 2. The van der Waals surface area contributed by atoms with Crippen LogP contribution in [0.15, 0.2) is 43.0 Å². The van der Waals surface area contributed by atoms with E-state index in [4.69, 9.17) is 9.47 Å². The molecule has 3 aromatic heterocycles. The van der Waals surface area contributed by atoms with Gasteiger partial charge in [-0.1, -0.05) is 0 Å². The topological polar surface area (TPSA) is 77.4 Å². The fraction of sp³-hybridized carbons (Fsp3) is 0.364. The molecule has 0 aromatic carbocycles. The second-order valence-corrected chi connectivity index (χ2v) is 8.65. The number of pyridine rings is 1. The van der Waals surface area contributed by atoms with Gasteiger partial charge >= 0.3 is 0 Å². The standard InChI is InChI=1S/C22H22N4O3S/c1-28-15-2-3-17(24-13-15)20-12-16-19(30-20)5-11-29-22(16)6-9-26(10-7-22)21(27)18-4-8-23-14-25-18/h2-4,8,12-14H,5-7,9-11H2,1H3. The number of aromatic nitrogens is 3. The summed E-state index contributed by atoms with van der Waals surface area (Å²) in [6.45, 7) is 2.01. The minimum Gasteiger partial charge on any atom is -0.495 e. The molecule has 0 unspecified atom stereocenters. The summed E-state index contributed by atoms with van der Waals surface area (Å²) in [5.74, 6) is 0.706. The van der Waals surface area contributed by atoms with E-state index >= 15 is 0 Å². The summed E-state index contributed by atoms with van der Waals surface area (Å²) in [6, 6.07) is 7.82. The van der Waals surface area contributed by atoms with Crippen LogP contribution in [0.2, 0.25) is 0 Å². The van der Waals surface area contributed by atoms with E-state index in [2.05, 4.69) is 21.0 Å². The first-order valence-electron chi connectivity index (χ1n) is 10.0. The van der Waals surface area contributed by atoms with Gasteiger partial charge in [0.05, 0.1) is 36.1 Å². The molecule has 0 radical (unpaired) electrons. The monoisotopic (exact) mass is 422 g/mol. The summed E-state index contributed by atoms with van der Waals surface area (Å²) in [6.07, 6.45) is 7.24. The first kappa shape index (κ1) is 19.1. The number of hydrogen-bond donors (Lipinski definition) is 0. The number of carbonyl (C=O) groups excluding carboxylic acids is 1. The van der Waals surface area contributed by atoms with E-state index in [0.717, 1.165) is 35.6 Å². The van der Waals surface area contributed by atoms with Crippen molar-refractivity contribution in [1.82, 2.24) is 19.9 Å². The number of rotatable bonds is 3. The van der Waals surface area contributed by atoms with E-state index in [1.807, 2.05) is 17.0 Å². The Labute approximate surface area is 178 Å². The number of nitrogens with zero attached hydrogens (tertiary/aromatic N) is 4. The van der Waals surface area contributed by atoms with Crippen LogP contribution in [0, 0.1) is 0 Å². The Hall–Kier alpha value is -2.84. The first-order valence-corrected chi connectivity index (χ1v) is 10.8. The molecule has 0 atom stereocenters. The highest BCUT2D eigenvalue weighted by molar-refractivity contribution is 7.15. The van der Waals surface area contributed by atoms with Crippen molar-refractivity contribution in [2.45, 2.75) is 24.9 Å². The lowest BCUT2D eigenvalue weighted by Gasteiger charge is -2.44. The summed E-state index contributed by atoms with van der Waals surface area (Å²) in [4.78, 5) is 29.6. The third-order valence-electron chi connectivity index (χ3n) is 5.89. The molecule has 1 saturated heterocycles. The Balaban J connectivity index is 1.37. The van der Waals surface area contributed by atoms with E-state index in [-0.39, 0.29) is 11.5 Å².